The molecule has 8 nitrogen and oxygen atoms in total. The Morgan fingerprint density at radius 2 is 2.32 bits per heavy atom. The molecule has 1 aliphatic rings. The SMILES string of the molecule is CN(CC(=O)NC1CC1)C(=O)c1cn(CCN)nn1. The lowest BCUT2D eigenvalue weighted by Crippen LogP contribution is -2.39. The monoisotopic (exact) mass is 266 g/mol. The smallest absolute Gasteiger partial charge is 0.276 e. The van der Waals surface area contributed by atoms with Gasteiger partial charge in [-0.15, -0.1) is 5.10 Å². The van der Waals surface area contributed by atoms with E-state index in [1.807, 2.05) is 0 Å². The lowest BCUT2D eigenvalue weighted by molar-refractivity contribution is -0.121. The van der Waals surface area contributed by atoms with Gasteiger partial charge >= 0.3 is 0 Å². The summed E-state index contributed by atoms with van der Waals surface area (Å²) in [4.78, 5) is 24.9. The summed E-state index contributed by atoms with van der Waals surface area (Å²) in [5, 5.41) is 10.4. The molecule has 0 atom stereocenters. The van der Waals surface area contributed by atoms with Gasteiger partial charge in [-0.25, -0.2) is 0 Å². The molecule has 0 aliphatic heterocycles. The van der Waals surface area contributed by atoms with E-state index in [-0.39, 0.29) is 24.1 Å². The second kappa shape index (κ2) is 5.79. The van der Waals surface area contributed by atoms with Gasteiger partial charge < -0.3 is 16.0 Å². The highest BCUT2D eigenvalue weighted by Gasteiger charge is 2.25. The van der Waals surface area contributed by atoms with Crippen molar-refractivity contribution in [3.8, 4) is 0 Å². The molecule has 2 amide bonds. The summed E-state index contributed by atoms with van der Waals surface area (Å²) in [6.07, 6.45) is 3.58. The van der Waals surface area contributed by atoms with E-state index in [1.54, 1.807) is 7.05 Å². The minimum atomic E-state index is -0.325. The Bertz CT molecular complexity index is 468. The first-order valence-electron chi connectivity index (χ1n) is 6.25. The van der Waals surface area contributed by atoms with E-state index >= 15 is 0 Å². The summed E-state index contributed by atoms with van der Waals surface area (Å²) >= 11 is 0. The number of nitrogens with zero attached hydrogens (tertiary/aromatic N) is 4. The number of nitrogens with one attached hydrogen (secondary N) is 1. The highest BCUT2D eigenvalue weighted by atomic mass is 16.2. The Hall–Kier alpha value is -1.96. The zero-order valence-corrected chi connectivity index (χ0v) is 10.9. The van der Waals surface area contributed by atoms with Gasteiger partial charge in [-0.1, -0.05) is 5.21 Å². The third-order valence-corrected chi connectivity index (χ3v) is 2.79. The molecule has 1 fully saturated rings. The Morgan fingerprint density at radius 3 is 2.95 bits per heavy atom. The normalized spacial score (nSPS) is 14.2. The maximum Gasteiger partial charge on any atom is 0.276 e. The van der Waals surface area contributed by atoms with Gasteiger partial charge in [0.05, 0.1) is 19.3 Å². The number of amides is 2. The minimum absolute atomic E-state index is 0.0269. The molecule has 0 radical (unpaired) electrons. The average molecular weight is 266 g/mol. The van der Waals surface area contributed by atoms with Crippen LogP contribution in [0.1, 0.15) is 23.3 Å². The zero-order chi connectivity index (χ0) is 13.8. The molecule has 1 aromatic rings. The van der Waals surface area contributed by atoms with Crippen LogP contribution in [0.15, 0.2) is 6.20 Å². The van der Waals surface area contributed by atoms with Crippen molar-refractivity contribution in [2.75, 3.05) is 20.1 Å². The fourth-order valence-corrected chi connectivity index (χ4v) is 1.62. The molecule has 0 spiro atoms. The van der Waals surface area contributed by atoms with Gasteiger partial charge in [-0.05, 0) is 12.8 Å². The van der Waals surface area contributed by atoms with Crippen LogP contribution < -0.4 is 11.1 Å². The molecule has 1 heterocycles. The van der Waals surface area contributed by atoms with Crippen LogP contribution in [0.4, 0.5) is 0 Å². The lowest BCUT2D eigenvalue weighted by Gasteiger charge is -2.14. The topological polar surface area (TPSA) is 106 Å². The summed E-state index contributed by atoms with van der Waals surface area (Å²) in [7, 11) is 1.57. The summed E-state index contributed by atoms with van der Waals surface area (Å²) in [5.74, 6) is -0.470. The van der Waals surface area contributed by atoms with Crippen molar-refractivity contribution in [1.29, 1.82) is 0 Å². The summed E-state index contributed by atoms with van der Waals surface area (Å²) in [5.41, 5.74) is 5.60. The number of hydrogen-bond donors (Lipinski definition) is 2. The van der Waals surface area contributed by atoms with E-state index in [0.29, 0.717) is 19.1 Å². The van der Waals surface area contributed by atoms with Crippen molar-refractivity contribution >= 4 is 11.8 Å². The molecule has 0 bridgehead atoms. The van der Waals surface area contributed by atoms with Crippen molar-refractivity contribution in [2.24, 2.45) is 5.73 Å². The van der Waals surface area contributed by atoms with Crippen molar-refractivity contribution in [1.82, 2.24) is 25.2 Å². The van der Waals surface area contributed by atoms with E-state index < -0.39 is 0 Å². The first-order chi connectivity index (χ1) is 9.10. The second-order valence-corrected chi connectivity index (χ2v) is 4.66. The van der Waals surface area contributed by atoms with Gasteiger partial charge in [0.1, 0.15) is 0 Å². The van der Waals surface area contributed by atoms with Crippen molar-refractivity contribution < 1.29 is 9.59 Å². The van der Waals surface area contributed by atoms with Gasteiger partial charge in [0.25, 0.3) is 5.91 Å². The van der Waals surface area contributed by atoms with Crippen LogP contribution in [0.5, 0.6) is 0 Å². The predicted octanol–water partition coefficient (Wildman–Crippen LogP) is -1.41. The van der Waals surface area contributed by atoms with Crippen molar-refractivity contribution in [3.63, 3.8) is 0 Å². The van der Waals surface area contributed by atoms with Gasteiger partial charge in [-0.3, -0.25) is 14.3 Å². The quantitative estimate of drug-likeness (QED) is 0.658. The molecule has 3 N–H and O–H groups in total. The molecule has 0 unspecified atom stereocenters. The molecule has 1 aliphatic carbocycles. The van der Waals surface area contributed by atoms with Crippen molar-refractivity contribution in [3.05, 3.63) is 11.9 Å². The van der Waals surface area contributed by atoms with Crippen LogP contribution in [0, 0.1) is 0 Å². The van der Waals surface area contributed by atoms with Crippen LogP contribution in [0.3, 0.4) is 0 Å². The van der Waals surface area contributed by atoms with E-state index in [0.717, 1.165) is 12.8 Å². The van der Waals surface area contributed by atoms with Crippen molar-refractivity contribution in [2.45, 2.75) is 25.4 Å². The Balaban J connectivity index is 1.87. The first kappa shape index (κ1) is 13.5. The summed E-state index contributed by atoms with van der Waals surface area (Å²) in [6.45, 7) is 0.960. The number of likely N-dealkylation sites (N-methyl/N-ethyl adjacent to an activating group) is 1. The highest BCUT2D eigenvalue weighted by Crippen LogP contribution is 2.18. The number of hydrogen-bond acceptors (Lipinski definition) is 5. The summed E-state index contributed by atoms with van der Waals surface area (Å²) in [6, 6.07) is 0.293. The van der Waals surface area contributed by atoms with Crippen LogP contribution >= 0.6 is 0 Å². The molecule has 2 rings (SSSR count). The van der Waals surface area contributed by atoms with Gasteiger partial charge in [0.15, 0.2) is 5.69 Å². The maximum atomic E-state index is 12.0. The first-order valence-corrected chi connectivity index (χ1v) is 6.25. The minimum Gasteiger partial charge on any atom is -0.352 e. The molecular weight excluding hydrogens is 248 g/mol. The average Bonchev–Trinajstić information content (AvgIpc) is 3.05. The molecule has 0 saturated heterocycles. The van der Waals surface area contributed by atoms with Gasteiger partial charge in [-0.2, -0.15) is 0 Å². The predicted molar refractivity (Wildman–Crippen MR) is 67.2 cm³/mol. The van der Waals surface area contributed by atoms with Crippen LogP contribution in [-0.2, 0) is 11.3 Å². The standard InChI is InChI=1S/C11H18N6O2/c1-16(7-10(18)13-8-2-3-8)11(19)9-6-17(5-4-12)15-14-9/h6,8H,2-5,7,12H2,1H3,(H,13,18). The number of aromatic nitrogens is 3. The van der Waals surface area contributed by atoms with Crippen LogP contribution in [0.25, 0.3) is 0 Å². The fraction of sp³-hybridized carbons (Fsp3) is 0.636. The fourth-order valence-electron chi connectivity index (χ4n) is 1.62. The van der Waals surface area contributed by atoms with Crippen LogP contribution in [-0.4, -0.2) is 57.9 Å². The highest BCUT2D eigenvalue weighted by molar-refractivity contribution is 5.94. The number of nitrogens with two attached hydrogens (primary N) is 1. The van der Waals surface area contributed by atoms with E-state index in [9.17, 15) is 9.59 Å². The number of carbonyl (C=O) groups excluding carboxylic acids is 2. The molecule has 0 aromatic carbocycles. The molecule has 104 valence electrons. The largest absolute Gasteiger partial charge is 0.352 e. The Kier molecular flexibility index (Phi) is 4.10. The third-order valence-electron chi connectivity index (χ3n) is 2.79. The number of carbonyl (C=O) groups is 2. The zero-order valence-electron chi connectivity index (χ0n) is 10.9. The summed E-state index contributed by atoms with van der Waals surface area (Å²) < 4.78 is 1.51. The molecular formula is C11H18N6O2. The van der Waals surface area contributed by atoms with Gasteiger partial charge in [0, 0.05) is 19.6 Å². The van der Waals surface area contributed by atoms with E-state index in [4.69, 9.17) is 5.73 Å². The molecule has 1 saturated carbocycles. The number of rotatable bonds is 6. The molecule has 8 heteroatoms. The van der Waals surface area contributed by atoms with Gasteiger partial charge in [0.2, 0.25) is 5.91 Å². The third kappa shape index (κ3) is 3.75. The Morgan fingerprint density at radius 1 is 1.58 bits per heavy atom. The van der Waals surface area contributed by atoms with Crippen LogP contribution in [0.2, 0.25) is 0 Å². The Labute approximate surface area is 110 Å². The molecule has 1 aromatic heterocycles. The lowest BCUT2D eigenvalue weighted by atomic mass is 10.4. The molecule has 19 heavy (non-hydrogen) atoms. The van der Waals surface area contributed by atoms with E-state index in [1.165, 1.54) is 15.8 Å². The second-order valence-electron chi connectivity index (χ2n) is 4.66. The van der Waals surface area contributed by atoms with E-state index in [2.05, 4.69) is 15.6 Å². The maximum absolute atomic E-state index is 12.0.